The first kappa shape index (κ1) is 11.4. The Balaban J connectivity index is 2.31. The van der Waals surface area contributed by atoms with E-state index in [0.29, 0.717) is 29.8 Å². The Bertz CT molecular complexity index is 393. The molecular formula is C10H15ClN4O. The summed E-state index contributed by atoms with van der Waals surface area (Å²) < 4.78 is 5.34. The zero-order valence-corrected chi connectivity index (χ0v) is 10.2. The number of ether oxygens (including phenoxy) is 1. The van der Waals surface area contributed by atoms with Gasteiger partial charge in [-0.25, -0.2) is 4.98 Å². The quantitative estimate of drug-likeness (QED) is 0.791. The van der Waals surface area contributed by atoms with Crippen molar-refractivity contribution in [3.8, 4) is 0 Å². The number of halogens is 1. The zero-order valence-electron chi connectivity index (χ0n) is 9.40. The van der Waals surface area contributed by atoms with Gasteiger partial charge in [-0.3, -0.25) is 0 Å². The number of nitrogen functional groups attached to an aromatic ring is 1. The minimum absolute atomic E-state index is 0.229. The van der Waals surface area contributed by atoms with Crippen LogP contribution in [0.25, 0.3) is 0 Å². The van der Waals surface area contributed by atoms with Crippen LogP contribution in [0.1, 0.15) is 12.1 Å². The van der Waals surface area contributed by atoms with Gasteiger partial charge in [0.2, 0.25) is 5.28 Å². The Kier molecular flexibility index (Phi) is 3.16. The number of aromatic nitrogens is 2. The summed E-state index contributed by atoms with van der Waals surface area (Å²) in [6.45, 7) is 3.31. The van der Waals surface area contributed by atoms with E-state index in [4.69, 9.17) is 22.1 Å². The van der Waals surface area contributed by atoms with E-state index in [2.05, 4.69) is 9.97 Å². The lowest BCUT2D eigenvalue weighted by molar-refractivity contribution is 0.193. The lowest BCUT2D eigenvalue weighted by Gasteiger charge is -2.25. The molecule has 0 radical (unpaired) electrons. The molecule has 6 heteroatoms. The van der Waals surface area contributed by atoms with Crippen molar-refractivity contribution in [1.82, 2.24) is 9.97 Å². The first-order chi connectivity index (χ1) is 7.59. The van der Waals surface area contributed by atoms with E-state index in [1.54, 1.807) is 0 Å². The second-order valence-electron chi connectivity index (χ2n) is 3.94. The normalized spacial score (nSPS) is 20.1. The Morgan fingerprint density at radius 2 is 2.25 bits per heavy atom. The van der Waals surface area contributed by atoms with Crippen LogP contribution in [0.3, 0.4) is 0 Å². The van der Waals surface area contributed by atoms with Crippen LogP contribution in [-0.4, -0.2) is 36.3 Å². The highest BCUT2D eigenvalue weighted by Crippen LogP contribution is 2.27. The molecule has 0 bridgehead atoms. The molecule has 1 atom stereocenters. The standard InChI is InChI=1S/C10H15ClN4O/c1-6-8(12)9(14-10(11)13-6)15(2)7-3-4-16-5-7/h7H,3-5,12H2,1-2H3. The summed E-state index contributed by atoms with van der Waals surface area (Å²) in [5.74, 6) is 0.688. The monoisotopic (exact) mass is 242 g/mol. The molecule has 16 heavy (non-hydrogen) atoms. The maximum Gasteiger partial charge on any atom is 0.224 e. The van der Waals surface area contributed by atoms with Crippen LogP contribution < -0.4 is 10.6 Å². The van der Waals surface area contributed by atoms with Gasteiger partial charge in [0.15, 0.2) is 5.82 Å². The fourth-order valence-electron chi connectivity index (χ4n) is 1.80. The third-order valence-electron chi connectivity index (χ3n) is 2.88. The van der Waals surface area contributed by atoms with Crippen molar-refractivity contribution >= 4 is 23.1 Å². The van der Waals surface area contributed by atoms with Gasteiger partial charge >= 0.3 is 0 Å². The van der Waals surface area contributed by atoms with Gasteiger partial charge in [-0.05, 0) is 24.9 Å². The van der Waals surface area contributed by atoms with Crippen molar-refractivity contribution in [2.45, 2.75) is 19.4 Å². The van der Waals surface area contributed by atoms with Crippen LogP contribution in [0.15, 0.2) is 0 Å². The van der Waals surface area contributed by atoms with Crippen molar-refractivity contribution in [1.29, 1.82) is 0 Å². The van der Waals surface area contributed by atoms with Gasteiger partial charge < -0.3 is 15.4 Å². The van der Waals surface area contributed by atoms with Gasteiger partial charge in [0.1, 0.15) is 0 Å². The van der Waals surface area contributed by atoms with Gasteiger partial charge in [0, 0.05) is 13.7 Å². The van der Waals surface area contributed by atoms with Crippen LogP contribution in [0.5, 0.6) is 0 Å². The molecule has 1 aromatic rings. The van der Waals surface area contributed by atoms with Gasteiger partial charge in [-0.2, -0.15) is 4.98 Å². The van der Waals surface area contributed by atoms with Crippen molar-refractivity contribution < 1.29 is 4.74 Å². The number of anilines is 2. The molecule has 0 aliphatic carbocycles. The molecule has 1 aromatic heterocycles. The van der Waals surface area contributed by atoms with Gasteiger partial charge in [0.05, 0.1) is 24.0 Å². The molecule has 2 N–H and O–H groups in total. The number of nitrogens with zero attached hydrogens (tertiary/aromatic N) is 3. The van der Waals surface area contributed by atoms with Crippen LogP contribution in [0.2, 0.25) is 5.28 Å². The lowest BCUT2D eigenvalue weighted by Crippen LogP contribution is -2.33. The molecule has 1 aliphatic rings. The molecule has 2 rings (SSSR count). The van der Waals surface area contributed by atoms with E-state index in [0.717, 1.165) is 13.0 Å². The fourth-order valence-corrected chi connectivity index (χ4v) is 2.01. The molecule has 1 aliphatic heterocycles. The van der Waals surface area contributed by atoms with Crippen LogP contribution >= 0.6 is 11.6 Å². The number of likely N-dealkylation sites (N-methyl/N-ethyl adjacent to an activating group) is 1. The maximum atomic E-state index is 5.95. The van der Waals surface area contributed by atoms with E-state index in [-0.39, 0.29) is 5.28 Å². The Labute approximate surface area is 99.6 Å². The number of nitrogens with two attached hydrogens (primary N) is 1. The lowest BCUT2D eigenvalue weighted by atomic mass is 10.2. The van der Waals surface area contributed by atoms with E-state index >= 15 is 0 Å². The molecule has 0 amide bonds. The average Bonchev–Trinajstić information content (AvgIpc) is 2.75. The predicted octanol–water partition coefficient (Wildman–Crippen LogP) is 1.25. The third kappa shape index (κ3) is 2.05. The summed E-state index contributed by atoms with van der Waals surface area (Å²) in [5.41, 5.74) is 7.25. The van der Waals surface area contributed by atoms with Crippen molar-refractivity contribution in [3.63, 3.8) is 0 Å². The van der Waals surface area contributed by atoms with Gasteiger partial charge in [-0.1, -0.05) is 0 Å². The number of rotatable bonds is 2. The smallest absolute Gasteiger partial charge is 0.224 e. The molecule has 1 fully saturated rings. The number of aryl methyl sites for hydroxylation is 1. The molecule has 2 heterocycles. The topological polar surface area (TPSA) is 64.3 Å². The summed E-state index contributed by atoms with van der Waals surface area (Å²) in [7, 11) is 1.95. The molecule has 0 spiro atoms. The summed E-state index contributed by atoms with van der Waals surface area (Å²) >= 11 is 5.84. The van der Waals surface area contributed by atoms with Crippen LogP contribution in [-0.2, 0) is 4.74 Å². The second kappa shape index (κ2) is 4.43. The Morgan fingerprint density at radius 1 is 1.50 bits per heavy atom. The largest absolute Gasteiger partial charge is 0.394 e. The first-order valence-corrected chi connectivity index (χ1v) is 5.57. The van der Waals surface area contributed by atoms with Gasteiger partial charge in [0.25, 0.3) is 0 Å². The van der Waals surface area contributed by atoms with E-state index in [1.165, 1.54) is 0 Å². The minimum Gasteiger partial charge on any atom is -0.394 e. The molecule has 1 saturated heterocycles. The van der Waals surface area contributed by atoms with E-state index in [9.17, 15) is 0 Å². The third-order valence-corrected chi connectivity index (χ3v) is 3.05. The first-order valence-electron chi connectivity index (χ1n) is 5.19. The highest BCUT2D eigenvalue weighted by molar-refractivity contribution is 6.28. The van der Waals surface area contributed by atoms with E-state index in [1.807, 2.05) is 18.9 Å². The molecule has 0 saturated carbocycles. The van der Waals surface area contributed by atoms with E-state index < -0.39 is 0 Å². The van der Waals surface area contributed by atoms with Gasteiger partial charge in [-0.15, -0.1) is 0 Å². The summed E-state index contributed by atoms with van der Waals surface area (Å²) in [5, 5.41) is 0.229. The maximum absolute atomic E-state index is 5.95. The summed E-state index contributed by atoms with van der Waals surface area (Å²) in [4.78, 5) is 10.2. The number of hydrogen-bond donors (Lipinski definition) is 1. The second-order valence-corrected chi connectivity index (χ2v) is 4.28. The molecular weight excluding hydrogens is 228 g/mol. The summed E-state index contributed by atoms with van der Waals surface area (Å²) in [6.07, 6.45) is 0.983. The predicted molar refractivity (Wildman–Crippen MR) is 63.8 cm³/mol. The van der Waals surface area contributed by atoms with Crippen LogP contribution in [0.4, 0.5) is 11.5 Å². The summed E-state index contributed by atoms with van der Waals surface area (Å²) in [6, 6.07) is 0.313. The molecule has 88 valence electrons. The Morgan fingerprint density at radius 3 is 2.88 bits per heavy atom. The number of hydrogen-bond acceptors (Lipinski definition) is 5. The highest BCUT2D eigenvalue weighted by Gasteiger charge is 2.23. The zero-order chi connectivity index (χ0) is 11.7. The minimum atomic E-state index is 0.229. The SMILES string of the molecule is Cc1nc(Cl)nc(N(C)C2CCOC2)c1N. The highest BCUT2D eigenvalue weighted by atomic mass is 35.5. The average molecular weight is 243 g/mol. The fraction of sp³-hybridized carbons (Fsp3) is 0.600. The van der Waals surface area contributed by atoms with Crippen LogP contribution in [0, 0.1) is 6.92 Å². The molecule has 0 aromatic carbocycles. The molecule has 1 unspecified atom stereocenters. The Hall–Kier alpha value is -1.07. The van der Waals surface area contributed by atoms with Crippen molar-refractivity contribution in [3.05, 3.63) is 11.0 Å². The molecule has 5 nitrogen and oxygen atoms in total. The van der Waals surface area contributed by atoms with Crippen molar-refractivity contribution in [2.75, 3.05) is 30.9 Å². The van der Waals surface area contributed by atoms with Crippen molar-refractivity contribution in [2.24, 2.45) is 0 Å².